The van der Waals surface area contributed by atoms with E-state index in [9.17, 15) is 4.79 Å². The Labute approximate surface area is 196 Å². The molecule has 3 aromatic rings. The van der Waals surface area contributed by atoms with Crippen LogP contribution in [0.1, 0.15) is 5.56 Å². The largest absolute Gasteiger partial charge is 0.445 e. The first kappa shape index (κ1) is 21.3. The molecule has 9 nitrogen and oxygen atoms in total. The Balaban J connectivity index is 1.27. The van der Waals surface area contributed by atoms with E-state index in [1.54, 1.807) is 4.57 Å². The zero-order valence-electron chi connectivity index (χ0n) is 18.8. The number of rotatable bonds is 4. The van der Waals surface area contributed by atoms with E-state index in [2.05, 4.69) is 45.2 Å². The van der Waals surface area contributed by atoms with Crippen LogP contribution in [0.25, 0.3) is 22.4 Å². The molecular formula is C25H26N4O5. The summed E-state index contributed by atoms with van der Waals surface area (Å²) in [6.45, 7) is 5.11. The van der Waals surface area contributed by atoms with Crippen molar-refractivity contribution in [1.29, 1.82) is 0 Å². The number of pyridine rings is 1. The molecule has 3 aliphatic heterocycles. The van der Waals surface area contributed by atoms with E-state index < -0.39 is 6.29 Å². The molecule has 34 heavy (non-hydrogen) atoms. The molecule has 0 spiro atoms. The summed E-state index contributed by atoms with van der Waals surface area (Å²) in [5, 5.41) is 0. The number of ether oxygens (including phenoxy) is 4. The molecule has 0 amide bonds. The number of morpholine rings is 1. The van der Waals surface area contributed by atoms with Crippen molar-refractivity contribution in [3.05, 3.63) is 58.6 Å². The molecule has 0 bridgehead atoms. The van der Waals surface area contributed by atoms with Gasteiger partial charge in [-0.1, -0.05) is 18.2 Å². The Hall–Kier alpha value is -3.27. The van der Waals surface area contributed by atoms with Crippen LogP contribution in [0.15, 0.2) is 47.4 Å². The van der Waals surface area contributed by atoms with Crippen LogP contribution in [0.4, 0.5) is 5.82 Å². The molecule has 2 aromatic heterocycles. The Bertz CT molecular complexity index is 1230. The molecule has 0 aliphatic carbocycles. The van der Waals surface area contributed by atoms with Gasteiger partial charge in [-0.3, -0.25) is 4.57 Å². The number of hydrogen-bond acceptors (Lipinski definition) is 8. The molecule has 1 atom stereocenters. The number of benzene rings is 1. The summed E-state index contributed by atoms with van der Waals surface area (Å²) in [4.78, 5) is 23.7. The van der Waals surface area contributed by atoms with Crippen LogP contribution < -0.4 is 15.3 Å². The van der Waals surface area contributed by atoms with Gasteiger partial charge < -0.3 is 23.8 Å². The van der Waals surface area contributed by atoms with Gasteiger partial charge in [0.05, 0.1) is 32.1 Å². The van der Waals surface area contributed by atoms with Crippen molar-refractivity contribution in [3.63, 3.8) is 0 Å². The Morgan fingerprint density at radius 3 is 2.62 bits per heavy atom. The Morgan fingerprint density at radius 2 is 1.82 bits per heavy atom. The minimum Gasteiger partial charge on any atom is -0.445 e. The maximum atomic E-state index is 12.7. The van der Waals surface area contributed by atoms with E-state index in [0.29, 0.717) is 26.4 Å². The number of aryl methyl sites for hydroxylation is 1. The molecule has 0 saturated carbocycles. The highest BCUT2D eigenvalue weighted by molar-refractivity contribution is 5.73. The molecule has 6 rings (SSSR count). The van der Waals surface area contributed by atoms with E-state index in [1.807, 2.05) is 12.3 Å². The second kappa shape index (κ2) is 9.17. The van der Waals surface area contributed by atoms with Crippen LogP contribution in [0.5, 0.6) is 5.88 Å². The summed E-state index contributed by atoms with van der Waals surface area (Å²) in [6, 6.07) is 12.3. The Morgan fingerprint density at radius 1 is 0.941 bits per heavy atom. The maximum absolute atomic E-state index is 12.7. The minimum absolute atomic E-state index is 0.256. The molecule has 1 unspecified atom stereocenters. The molecule has 3 aliphatic rings. The van der Waals surface area contributed by atoms with Crippen molar-refractivity contribution in [2.75, 3.05) is 51.0 Å². The lowest BCUT2D eigenvalue weighted by atomic mass is 9.94. The van der Waals surface area contributed by atoms with Gasteiger partial charge in [0.25, 0.3) is 0 Å². The van der Waals surface area contributed by atoms with Gasteiger partial charge in [-0.2, -0.15) is 4.98 Å². The average molecular weight is 463 g/mol. The molecule has 2 saturated heterocycles. The van der Waals surface area contributed by atoms with Crippen LogP contribution in [0, 0.1) is 0 Å². The number of fused-ring (bicyclic) bond motifs is 3. The number of aromatic nitrogens is 3. The first-order valence-electron chi connectivity index (χ1n) is 11.6. The number of nitrogens with zero attached hydrogens (tertiary/aromatic N) is 4. The predicted molar refractivity (Wildman–Crippen MR) is 125 cm³/mol. The third kappa shape index (κ3) is 4.18. The molecule has 5 heterocycles. The van der Waals surface area contributed by atoms with Gasteiger partial charge in [-0.05, 0) is 29.7 Å². The van der Waals surface area contributed by atoms with Crippen LogP contribution in [-0.2, 0) is 27.2 Å². The van der Waals surface area contributed by atoms with E-state index >= 15 is 0 Å². The second-order valence-electron chi connectivity index (χ2n) is 8.53. The molecule has 176 valence electrons. The van der Waals surface area contributed by atoms with E-state index in [4.69, 9.17) is 18.9 Å². The second-order valence-corrected chi connectivity index (χ2v) is 8.53. The number of anilines is 1. The zero-order valence-corrected chi connectivity index (χ0v) is 18.8. The van der Waals surface area contributed by atoms with E-state index in [1.165, 1.54) is 5.56 Å². The van der Waals surface area contributed by atoms with Crippen LogP contribution in [0.2, 0.25) is 0 Å². The lowest BCUT2D eigenvalue weighted by molar-refractivity contribution is -0.172. The first-order chi connectivity index (χ1) is 16.7. The highest BCUT2D eigenvalue weighted by Gasteiger charge is 2.22. The monoisotopic (exact) mass is 462 g/mol. The van der Waals surface area contributed by atoms with Gasteiger partial charge in [0.15, 0.2) is 0 Å². The van der Waals surface area contributed by atoms with Crippen molar-refractivity contribution in [3.8, 4) is 28.3 Å². The van der Waals surface area contributed by atoms with Crippen molar-refractivity contribution < 1.29 is 18.9 Å². The normalized spacial score (nSPS) is 19.9. The predicted octanol–water partition coefficient (Wildman–Crippen LogP) is 2.12. The SMILES string of the molecule is O=c1nc(OC2COCCO2)cc2n1CCc1cc(-c3ccc(N4CCOCC4)nc3)ccc1-2. The zero-order chi connectivity index (χ0) is 22.9. The quantitative estimate of drug-likeness (QED) is 0.583. The van der Waals surface area contributed by atoms with Gasteiger partial charge in [0, 0.05) is 43.0 Å². The summed E-state index contributed by atoms with van der Waals surface area (Å²) in [5.74, 6) is 1.23. The van der Waals surface area contributed by atoms with Crippen molar-refractivity contribution in [2.45, 2.75) is 19.3 Å². The van der Waals surface area contributed by atoms with Gasteiger partial charge in [0.2, 0.25) is 12.2 Å². The average Bonchev–Trinajstić information content (AvgIpc) is 2.89. The minimum atomic E-state index is -0.554. The van der Waals surface area contributed by atoms with E-state index in [-0.39, 0.29) is 11.6 Å². The summed E-state index contributed by atoms with van der Waals surface area (Å²) in [5.41, 5.74) is 4.86. The van der Waals surface area contributed by atoms with Crippen LogP contribution in [0.3, 0.4) is 0 Å². The molecule has 0 N–H and O–H groups in total. The summed E-state index contributed by atoms with van der Waals surface area (Å²) >= 11 is 0. The van der Waals surface area contributed by atoms with Gasteiger partial charge in [-0.25, -0.2) is 9.78 Å². The molecule has 2 fully saturated rings. The molecule has 0 radical (unpaired) electrons. The van der Waals surface area contributed by atoms with Crippen molar-refractivity contribution in [2.24, 2.45) is 0 Å². The molecule has 9 heteroatoms. The highest BCUT2D eigenvalue weighted by atomic mass is 16.7. The molecule has 1 aromatic carbocycles. The third-order valence-electron chi connectivity index (χ3n) is 6.43. The summed E-state index contributed by atoms with van der Waals surface area (Å²) in [7, 11) is 0. The molecular weight excluding hydrogens is 436 g/mol. The lowest BCUT2D eigenvalue weighted by Crippen LogP contribution is -2.36. The highest BCUT2D eigenvalue weighted by Crippen LogP contribution is 2.33. The lowest BCUT2D eigenvalue weighted by Gasteiger charge is -2.27. The fourth-order valence-corrected chi connectivity index (χ4v) is 4.65. The summed E-state index contributed by atoms with van der Waals surface area (Å²) < 4.78 is 23.8. The number of hydrogen-bond donors (Lipinski definition) is 0. The Kier molecular flexibility index (Phi) is 5.74. The van der Waals surface area contributed by atoms with Gasteiger partial charge in [-0.15, -0.1) is 0 Å². The standard InChI is InChI=1S/C25H26N4O5/c30-25-27-23(34-24-16-32-11-12-33-24)14-21-20-3-1-17(13-18(20)5-6-29(21)25)19-2-4-22(26-15-19)28-7-9-31-10-8-28/h1-4,13-15,24H,5-12,16H2. The first-order valence-corrected chi connectivity index (χ1v) is 11.6. The van der Waals surface area contributed by atoms with E-state index in [0.717, 1.165) is 60.9 Å². The third-order valence-corrected chi connectivity index (χ3v) is 6.43. The van der Waals surface area contributed by atoms with Gasteiger partial charge in [0.1, 0.15) is 12.4 Å². The van der Waals surface area contributed by atoms with Gasteiger partial charge >= 0.3 is 5.69 Å². The fraction of sp³-hybridized carbons (Fsp3) is 0.400. The topological polar surface area (TPSA) is 87.9 Å². The maximum Gasteiger partial charge on any atom is 0.351 e. The summed E-state index contributed by atoms with van der Waals surface area (Å²) in [6.07, 6.45) is 2.13. The fourth-order valence-electron chi connectivity index (χ4n) is 4.65. The smallest absolute Gasteiger partial charge is 0.351 e. The van der Waals surface area contributed by atoms with Crippen LogP contribution in [-0.4, -0.2) is 66.9 Å². The van der Waals surface area contributed by atoms with Crippen molar-refractivity contribution in [1.82, 2.24) is 14.5 Å². The van der Waals surface area contributed by atoms with Crippen LogP contribution >= 0.6 is 0 Å². The van der Waals surface area contributed by atoms with Crippen molar-refractivity contribution >= 4 is 5.82 Å².